The molecule has 0 saturated heterocycles. The van der Waals surface area contributed by atoms with Crippen molar-refractivity contribution in [3.63, 3.8) is 0 Å². The van der Waals surface area contributed by atoms with Crippen LogP contribution in [0, 0.1) is 0 Å². The van der Waals surface area contributed by atoms with Crippen molar-refractivity contribution in [1.82, 2.24) is 15.0 Å². The Kier molecular flexibility index (Phi) is 5.89. The second-order valence-corrected chi connectivity index (χ2v) is 7.03. The van der Waals surface area contributed by atoms with Gasteiger partial charge >= 0.3 is 12.2 Å². The van der Waals surface area contributed by atoms with E-state index in [1.165, 1.54) is 11.3 Å². The first-order valence-electron chi connectivity index (χ1n) is 8.95. The minimum Gasteiger partial charge on any atom is -0.424 e. The lowest BCUT2D eigenvalue weighted by Crippen LogP contribution is -2.08. The van der Waals surface area contributed by atoms with Crippen LogP contribution in [0.4, 0.5) is 18.3 Å². The van der Waals surface area contributed by atoms with Crippen LogP contribution in [-0.2, 0) is 6.18 Å². The topological polar surface area (TPSA) is 72.3 Å². The molecule has 156 valence electrons. The van der Waals surface area contributed by atoms with Gasteiger partial charge < -0.3 is 4.74 Å². The number of nitrogens with zero attached hydrogens (tertiary/aromatic N) is 4. The van der Waals surface area contributed by atoms with Crippen LogP contribution < -0.4 is 10.2 Å². The van der Waals surface area contributed by atoms with E-state index < -0.39 is 11.9 Å². The SMILES string of the molecule is FC(F)(F)c1ccnc(Oc2ccc(C=NNc3nc(-c4ccccc4)cs3)cc2)n1. The van der Waals surface area contributed by atoms with Crippen LogP contribution >= 0.6 is 11.3 Å². The van der Waals surface area contributed by atoms with Crippen molar-refractivity contribution in [2.45, 2.75) is 6.18 Å². The standard InChI is InChI=1S/C21H14F3N5OS/c22-21(23,24)18-10-11-25-19(28-18)30-16-8-6-14(7-9-16)12-26-29-20-27-17(13-31-20)15-4-2-1-3-5-15/h1-13H,(H,27,29). The van der Waals surface area contributed by atoms with Gasteiger partial charge in [0.05, 0.1) is 11.9 Å². The largest absolute Gasteiger partial charge is 0.433 e. The summed E-state index contributed by atoms with van der Waals surface area (Å²) in [6, 6.07) is 16.8. The van der Waals surface area contributed by atoms with Gasteiger partial charge in [-0.15, -0.1) is 11.3 Å². The van der Waals surface area contributed by atoms with Gasteiger partial charge in [-0.2, -0.15) is 23.3 Å². The van der Waals surface area contributed by atoms with Crippen LogP contribution in [0.15, 0.2) is 77.3 Å². The van der Waals surface area contributed by atoms with Crippen molar-refractivity contribution in [1.29, 1.82) is 0 Å². The minimum absolute atomic E-state index is 0.303. The molecule has 6 nitrogen and oxygen atoms in total. The normalized spacial score (nSPS) is 11.6. The lowest BCUT2D eigenvalue weighted by Gasteiger charge is -2.07. The summed E-state index contributed by atoms with van der Waals surface area (Å²) in [5.74, 6) is 0.303. The Hall–Kier alpha value is -3.79. The molecule has 0 bridgehead atoms. The molecule has 2 aromatic carbocycles. The van der Waals surface area contributed by atoms with E-state index in [2.05, 4.69) is 25.5 Å². The highest BCUT2D eigenvalue weighted by Gasteiger charge is 2.33. The number of hydrogen-bond acceptors (Lipinski definition) is 7. The highest BCUT2D eigenvalue weighted by atomic mass is 32.1. The summed E-state index contributed by atoms with van der Waals surface area (Å²) < 4.78 is 43.5. The third-order valence-electron chi connectivity index (χ3n) is 3.96. The molecule has 2 heterocycles. The highest BCUT2D eigenvalue weighted by Crippen LogP contribution is 2.29. The summed E-state index contributed by atoms with van der Waals surface area (Å²) in [7, 11) is 0. The van der Waals surface area contributed by atoms with Gasteiger partial charge in [0.15, 0.2) is 5.69 Å². The molecular formula is C21H14F3N5OS. The number of halogens is 3. The number of ether oxygens (including phenoxy) is 1. The first-order chi connectivity index (χ1) is 15.0. The average Bonchev–Trinajstić information content (AvgIpc) is 3.24. The molecule has 31 heavy (non-hydrogen) atoms. The zero-order valence-corrected chi connectivity index (χ0v) is 16.6. The van der Waals surface area contributed by atoms with E-state index in [0.29, 0.717) is 10.9 Å². The molecule has 0 radical (unpaired) electrons. The average molecular weight is 441 g/mol. The lowest BCUT2D eigenvalue weighted by molar-refractivity contribution is -0.141. The maximum absolute atomic E-state index is 12.7. The Morgan fingerprint density at radius 3 is 2.48 bits per heavy atom. The van der Waals surface area contributed by atoms with Crippen LogP contribution in [0.25, 0.3) is 11.3 Å². The predicted molar refractivity (Wildman–Crippen MR) is 112 cm³/mol. The fourth-order valence-electron chi connectivity index (χ4n) is 2.50. The van der Waals surface area contributed by atoms with Crippen LogP contribution in [0.3, 0.4) is 0 Å². The summed E-state index contributed by atoms with van der Waals surface area (Å²) in [4.78, 5) is 11.5. The van der Waals surface area contributed by atoms with Gasteiger partial charge in [0.25, 0.3) is 0 Å². The highest BCUT2D eigenvalue weighted by molar-refractivity contribution is 7.14. The van der Waals surface area contributed by atoms with Gasteiger partial charge in [0.1, 0.15) is 5.75 Å². The van der Waals surface area contributed by atoms with Crippen molar-refractivity contribution < 1.29 is 17.9 Å². The molecule has 2 aromatic heterocycles. The van der Waals surface area contributed by atoms with Gasteiger partial charge in [-0.05, 0) is 35.9 Å². The van der Waals surface area contributed by atoms with Crippen LogP contribution in [0.1, 0.15) is 11.3 Å². The number of hydrogen-bond donors (Lipinski definition) is 1. The van der Waals surface area contributed by atoms with E-state index >= 15 is 0 Å². The van der Waals surface area contributed by atoms with E-state index in [4.69, 9.17) is 4.74 Å². The van der Waals surface area contributed by atoms with E-state index in [1.807, 2.05) is 35.7 Å². The second kappa shape index (κ2) is 8.92. The van der Waals surface area contributed by atoms with E-state index in [1.54, 1.807) is 30.5 Å². The van der Waals surface area contributed by atoms with Gasteiger partial charge in [-0.3, -0.25) is 5.43 Å². The molecular weight excluding hydrogens is 427 g/mol. The third-order valence-corrected chi connectivity index (χ3v) is 4.71. The number of nitrogens with one attached hydrogen (secondary N) is 1. The molecule has 0 atom stereocenters. The predicted octanol–water partition coefficient (Wildman–Crippen LogP) is 5.86. The Morgan fingerprint density at radius 1 is 0.968 bits per heavy atom. The molecule has 0 aliphatic rings. The summed E-state index contributed by atoms with van der Waals surface area (Å²) in [5, 5.41) is 6.74. The molecule has 0 unspecified atom stereocenters. The number of alkyl halides is 3. The van der Waals surface area contributed by atoms with Gasteiger partial charge in [0, 0.05) is 17.1 Å². The Bertz CT molecular complexity index is 1180. The number of thiazole rings is 1. The van der Waals surface area contributed by atoms with Gasteiger partial charge in [-0.25, -0.2) is 9.97 Å². The van der Waals surface area contributed by atoms with E-state index in [9.17, 15) is 13.2 Å². The molecule has 0 saturated carbocycles. The molecule has 1 N–H and O–H groups in total. The van der Waals surface area contributed by atoms with Crippen molar-refractivity contribution in [3.8, 4) is 23.0 Å². The fraction of sp³-hybridized carbons (Fsp3) is 0.0476. The van der Waals surface area contributed by atoms with Crippen molar-refractivity contribution in [3.05, 3.63) is 83.5 Å². The summed E-state index contributed by atoms with van der Waals surface area (Å²) in [6.07, 6.45) is -1.97. The minimum atomic E-state index is -4.56. The van der Waals surface area contributed by atoms with E-state index in [0.717, 1.165) is 29.1 Å². The summed E-state index contributed by atoms with van der Waals surface area (Å²) >= 11 is 1.44. The van der Waals surface area contributed by atoms with E-state index in [-0.39, 0.29) is 6.01 Å². The van der Waals surface area contributed by atoms with Crippen LogP contribution in [0.5, 0.6) is 11.8 Å². The number of benzene rings is 2. The zero-order valence-electron chi connectivity index (χ0n) is 15.7. The molecule has 0 fully saturated rings. The maximum atomic E-state index is 12.7. The fourth-order valence-corrected chi connectivity index (χ4v) is 3.17. The Labute approximate surface area is 179 Å². The van der Waals surface area contributed by atoms with Crippen molar-refractivity contribution in [2.24, 2.45) is 5.10 Å². The number of hydrazone groups is 1. The molecule has 0 spiro atoms. The van der Waals surface area contributed by atoms with Gasteiger partial charge in [-0.1, -0.05) is 30.3 Å². The number of rotatable bonds is 6. The molecule has 0 aliphatic carbocycles. The van der Waals surface area contributed by atoms with Crippen molar-refractivity contribution >= 4 is 22.7 Å². The first-order valence-corrected chi connectivity index (χ1v) is 9.83. The second-order valence-electron chi connectivity index (χ2n) is 6.17. The Balaban J connectivity index is 1.36. The zero-order chi connectivity index (χ0) is 21.7. The maximum Gasteiger partial charge on any atom is 0.433 e. The van der Waals surface area contributed by atoms with Gasteiger partial charge in [0.2, 0.25) is 5.13 Å². The van der Waals surface area contributed by atoms with Crippen molar-refractivity contribution in [2.75, 3.05) is 5.43 Å². The monoisotopic (exact) mass is 441 g/mol. The smallest absolute Gasteiger partial charge is 0.424 e. The Morgan fingerprint density at radius 2 is 1.74 bits per heavy atom. The number of anilines is 1. The molecule has 10 heteroatoms. The van der Waals surface area contributed by atoms with Crippen LogP contribution in [0.2, 0.25) is 0 Å². The molecule has 0 aliphatic heterocycles. The molecule has 4 rings (SSSR count). The lowest BCUT2D eigenvalue weighted by atomic mass is 10.2. The first kappa shape index (κ1) is 20.5. The van der Waals surface area contributed by atoms with Crippen LogP contribution in [-0.4, -0.2) is 21.2 Å². The molecule has 0 amide bonds. The summed E-state index contributed by atoms with van der Waals surface area (Å²) in [5.41, 5.74) is 4.45. The third kappa shape index (κ3) is 5.43. The summed E-state index contributed by atoms with van der Waals surface area (Å²) in [6.45, 7) is 0. The number of aromatic nitrogens is 3. The quantitative estimate of drug-likeness (QED) is 0.300. The molecule has 4 aromatic rings.